The molecular weight excluding hydrogens is 220 g/mol. The summed E-state index contributed by atoms with van der Waals surface area (Å²) in [7, 11) is 1.89. The van der Waals surface area contributed by atoms with Crippen LogP contribution in [0.4, 0.5) is 0 Å². The predicted molar refractivity (Wildman–Crippen MR) is 66.5 cm³/mol. The van der Waals surface area contributed by atoms with E-state index in [0.717, 1.165) is 17.8 Å². The van der Waals surface area contributed by atoms with Crippen LogP contribution in [-0.2, 0) is 6.54 Å². The first kappa shape index (κ1) is 11.2. The fraction of sp³-hybridized carbons (Fsp3) is 0.250. The van der Waals surface area contributed by atoms with Crippen molar-refractivity contribution in [2.24, 2.45) is 0 Å². The van der Waals surface area contributed by atoms with Crippen molar-refractivity contribution >= 4 is 11.8 Å². The Morgan fingerprint density at radius 2 is 2.19 bits per heavy atom. The maximum Gasteiger partial charge on any atom is 0.227 e. The molecule has 1 N–H and O–H groups in total. The molecule has 4 heteroatoms. The molecule has 0 unspecified atom stereocenters. The Labute approximate surface area is 99.3 Å². The Kier molecular flexibility index (Phi) is 3.64. The quantitative estimate of drug-likeness (QED) is 0.825. The van der Waals surface area contributed by atoms with Gasteiger partial charge >= 0.3 is 0 Å². The molecule has 0 atom stereocenters. The minimum absolute atomic E-state index is 0.690. The Morgan fingerprint density at radius 1 is 1.38 bits per heavy atom. The number of nitrogens with zero attached hydrogens (tertiary/aromatic N) is 1. The van der Waals surface area contributed by atoms with Crippen molar-refractivity contribution in [1.29, 1.82) is 0 Å². The monoisotopic (exact) mass is 234 g/mol. The number of hydrogen-bond donors (Lipinski definition) is 1. The summed E-state index contributed by atoms with van der Waals surface area (Å²) in [5.41, 5.74) is 1.98. The minimum atomic E-state index is 0.690. The third kappa shape index (κ3) is 2.28. The van der Waals surface area contributed by atoms with Crippen molar-refractivity contribution in [2.75, 3.05) is 13.3 Å². The smallest absolute Gasteiger partial charge is 0.227 e. The van der Waals surface area contributed by atoms with Gasteiger partial charge in [-0.05, 0) is 25.4 Å². The Bertz CT molecular complexity index is 468. The van der Waals surface area contributed by atoms with Crippen molar-refractivity contribution < 1.29 is 4.42 Å². The Balaban J connectivity index is 2.34. The van der Waals surface area contributed by atoms with E-state index in [1.165, 1.54) is 4.90 Å². The van der Waals surface area contributed by atoms with Crippen LogP contribution in [0.1, 0.15) is 5.69 Å². The molecule has 2 rings (SSSR count). The molecule has 3 nitrogen and oxygen atoms in total. The lowest BCUT2D eigenvalue weighted by molar-refractivity contribution is 0.570. The first-order chi connectivity index (χ1) is 7.85. The highest BCUT2D eigenvalue weighted by Crippen LogP contribution is 2.29. The summed E-state index contributed by atoms with van der Waals surface area (Å²) in [6.45, 7) is 0.727. The van der Waals surface area contributed by atoms with Gasteiger partial charge in [-0.1, -0.05) is 12.1 Å². The first-order valence-corrected chi connectivity index (χ1v) is 6.30. The highest BCUT2D eigenvalue weighted by atomic mass is 32.2. The second-order valence-electron chi connectivity index (χ2n) is 3.37. The van der Waals surface area contributed by atoms with Crippen molar-refractivity contribution in [1.82, 2.24) is 10.3 Å². The summed E-state index contributed by atoms with van der Waals surface area (Å²) < 4.78 is 5.48. The summed E-state index contributed by atoms with van der Waals surface area (Å²) in [6.07, 6.45) is 3.75. The molecule has 0 saturated carbocycles. The maximum atomic E-state index is 5.48. The molecular formula is C12H14N2OS. The van der Waals surface area contributed by atoms with E-state index in [-0.39, 0.29) is 0 Å². The number of nitrogens with one attached hydrogen (secondary N) is 1. The van der Waals surface area contributed by atoms with Crippen molar-refractivity contribution in [2.45, 2.75) is 11.4 Å². The molecule has 1 heterocycles. The molecule has 0 spiro atoms. The highest BCUT2D eigenvalue weighted by molar-refractivity contribution is 7.98. The van der Waals surface area contributed by atoms with Gasteiger partial charge in [0.15, 0.2) is 0 Å². The van der Waals surface area contributed by atoms with Crippen LogP contribution in [0.3, 0.4) is 0 Å². The van der Waals surface area contributed by atoms with Gasteiger partial charge < -0.3 is 9.73 Å². The summed E-state index contributed by atoms with van der Waals surface area (Å²) >= 11 is 1.70. The first-order valence-electron chi connectivity index (χ1n) is 5.07. The third-order valence-corrected chi connectivity index (χ3v) is 3.04. The number of thioether (sulfide) groups is 1. The minimum Gasteiger partial charge on any atom is -0.444 e. The van der Waals surface area contributed by atoms with Crippen LogP contribution in [0.2, 0.25) is 0 Å². The number of oxazole rings is 1. The van der Waals surface area contributed by atoms with Crippen LogP contribution in [0.5, 0.6) is 0 Å². The van der Waals surface area contributed by atoms with Gasteiger partial charge in [-0.15, -0.1) is 11.8 Å². The van der Waals surface area contributed by atoms with Gasteiger partial charge in [0.1, 0.15) is 6.26 Å². The maximum absolute atomic E-state index is 5.48. The van der Waals surface area contributed by atoms with E-state index in [1.807, 2.05) is 25.2 Å². The average Bonchev–Trinajstić information content (AvgIpc) is 2.78. The molecule has 1 aromatic heterocycles. The summed E-state index contributed by atoms with van der Waals surface area (Å²) in [5.74, 6) is 0.690. The van der Waals surface area contributed by atoms with E-state index in [0.29, 0.717) is 5.89 Å². The highest BCUT2D eigenvalue weighted by Gasteiger charge is 2.09. The lowest BCUT2D eigenvalue weighted by Gasteiger charge is -2.01. The summed E-state index contributed by atoms with van der Waals surface area (Å²) in [6, 6.07) is 8.12. The van der Waals surface area contributed by atoms with Crippen LogP contribution in [-0.4, -0.2) is 18.3 Å². The molecule has 0 aliphatic rings. The van der Waals surface area contributed by atoms with E-state index in [9.17, 15) is 0 Å². The number of aromatic nitrogens is 1. The second-order valence-corrected chi connectivity index (χ2v) is 4.22. The lowest BCUT2D eigenvalue weighted by Crippen LogP contribution is -2.04. The number of rotatable bonds is 4. The molecule has 16 heavy (non-hydrogen) atoms. The van der Waals surface area contributed by atoms with Crippen molar-refractivity contribution in [3.05, 3.63) is 36.2 Å². The van der Waals surface area contributed by atoms with Gasteiger partial charge in [0.25, 0.3) is 0 Å². The zero-order valence-corrected chi connectivity index (χ0v) is 10.2. The molecule has 0 amide bonds. The topological polar surface area (TPSA) is 38.1 Å². The van der Waals surface area contributed by atoms with Crippen LogP contribution in [0.25, 0.3) is 11.5 Å². The molecule has 1 aromatic carbocycles. The van der Waals surface area contributed by atoms with Crippen LogP contribution >= 0.6 is 11.8 Å². The Morgan fingerprint density at radius 3 is 2.94 bits per heavy atom. The molecule has 0 radical (unpaired) electrons. The average molecular weight is 234 g/mol. The SMILES string of the molecule is CNCc1coc(-c2ccccc2SC)n1. The molecule has 84 valence electrons. The molecule has 2 aromatic rings. The van der Waals surface area contributed by atoms with E-state index in [1.54, 1.807) is 18.0 Å². The fourth-order valence-electron chi connectivity index (χ4n) is 1.51. The van der Waals surface area contributed by atoms with Crippen LogP contribution in [0.15, 0.2) is 39.8 Å². The van der Waals surface area contributed by atoms with Gasteiger partial charge in [0, 0.05) is 11.4 Å². The van der Waals surface area contributed by atoms with Gasteiger partial charge in [0.05, 0.1) is 11.3 Å². The Hall–Kier alpha value is -1.26. The predicted octanol–water partition coefficient (Wildman–Crippen LogP) is 2.78. The molecule has 0 bridgehead atoms. The normalized spacial score (nSPS) is 10.6. The number of benzene rings is 1. The van der Waals surface area contributed by atoms with E-state index in [2.05, 4.69) is 22.6 Å². The van der Waals surface area contributed by atoms with Crippen LogP contribution in [0, 0.1) is 0 Å². The fourth-order valence-corrected chi connectivity index (χ4v) is 2.10. The second kappa shape index (κ2) is 5.18. The zero-order valence-electron chi connectivity index (χ0n) is 9.36. The van der Waals surface area contributed by atoms with Gasteiger partial charge in [-0.25, -0.2) is 4.98 Å². The summed E-state index contributed by atoms with van der Waals surface area (Å²) in [4.78, 5) is 5.62. The standard InChI is InChI=1S/C12H14N2OS/c1-13-7-9-8-15-12(14-9)10-5-3-4-6-11(10)16-2/h3-6,8,13H,7H2,1-2H3. The molecule has 0 aliphatic heterocycles. The van der Waals surface area contributed by atoms with Gasteiger partial charge in [-0.3, -0.25) is 0 Å². The van der Waals surface area contributed by atoms with Gasteiger partial charge in [-0.2, -0.15) is 0 Å². The largest absolute Gasteiger partial charge is 0.444 e. The van der Waals surface area contributed by atoms with E-state index >= 15 is 0 Å². The third-order valence-electron chi connectivity index (χ3n) is 2.25. The molecule has 0 fully saturated rings. The summed E-state index contributed by atoms with van der Waals surface area (Å²) in [5, 5.41) is 3.05. The van der Waals surface area contributed by atoms with E-state index in [4.69, 9.17) is 4.42 Å². The van der Waals surface area contributed by atoms with E-state index < -0.39 is 0 Å². The van der Waals surface area contributed by atoms with Gasteiger partial charge in [0.2, 0.25) is 5.89 Å². The number of hydrogen-bond acceptors (Lipinski definition) is 4. The molecule has 0 saturated heterocycles. The van der Waals surface area contributed by atoms with Crippen molar-refractivity contribution in [3.63, 3.8) is 0 Å². The van der Waals surface area contributed by atoms with Crippen molar-refractivity contribution in [3.8, 4) is 11.5 Å². The van der Waals surface area contributed by atoms with Crippen LogP contribution < -0.4 is 5.32 Å². The zero-order chi connectivity index (χ0) is 11.4. The lowest BCUT2D eigenvalue weighted by atomic mass is 10.2. The molecule has 0 aliphatic carbocycles.